The zero-order valence-corrected chi connectivity index (χ0v) is 18.6. The van der Waals surface area contributed by atoms with Crippen LogP contribution in [0.15, 0.2) is 26.1 Å². The fourth-order valence-corrected chi connectivity index (χ4v) is 4.69. The summed E-state index contributed by atoms with van der Waals surface area (Å²) in [7, 11) is 3.04. The number of aromatic nitrogens is 4. The molecular formula is C19H23N5O3S2. The molecule has 0 aromatic carbocycles. The summed E-state index contributed by atoms with van der Waals surface area (Å²) >= 11 is 2.65. The van der Waals surface area contributed by atoms with Crippen molar-refractivity contribution in [1.29, 1.82) is 0 Å². The van der Waals surface area contributed by atoms with Gasteiger partial charge < -0.3 is 5.32 Å². The van der Waals surface area contributed by atoms with E-state index >= 15 is 0 Å². The van der Waals surface area contributed by atoms with E-state index in [-0.39, 0.29) is 11.7 Å². The van der Waals surface area contributed by atoms with Gasteiger partial charge in [-0.15, -0.1) is 23.1 Å². The molecule has 0 saturated carbocycles. The number of anilines is 1. The number of nitrogens with zero attached hydrogens (tertiary/aromatic N) is 4. The van der Waals surface area contributed by atoms with Gasteiger partial charge in [-0.05, 0) is 24.8 Å². The third-order valence-corrected chi connectivity index (χ3v) is 6.37. The Morgan fingerprint density at radius 3 is 2.62 bits per heavy atom. The second-order valence-corrected chi connectivity index (χ2v) is 9.09. The van der Waals surface area contributed by atoms with Crippen molar-refractivity contribution >= 4 is 45.2 Å². The minimum absolute atomic E-state index is 0.120. The van der Waals surface area contributed by atoms with Crippen molar-refractivity contribution in [3.8, 4) is 0 Å². The standard InChI is InChI=1S/C19H23N5O3S2/c1-10(2)6-12-7-20-16-14(17(26)24(5)19(27)23(16)4)15(12)28-9-13(25)22-18-21-11(3)8-29-18/h7-8,10H,6,9H2,1-5H3,(H,21,22,25). The van der Waals surface area contributed by atoms with Gasteiger partial charge in [0.25, 0.3) is 5.56 Å². The van der Waals surface area contributed by atoms with E-state index in [1.807, 2.05) is 12.3 Å². The molecule has 3 aromatic heterocycles. The monoisotopic (exact) mass is 433 g/mol. The van der Waals surface area contributed by atoms with Crippen molar-refractivity contribution in [2.24, 2.45) is 20.0 Å². The Balaban J connectivity index is 2.02. The molecule has 0 unspecified atom stereocenters. The van der Waals surface area contributed by atoms with Crippen LogP contribution in [0.4, 0.5) is 5.13 Å². The highest BCUT2D eigenvalue weighted by Gasteiger charge is 2.19. The van der Waals surface area contributed by atoms with Crippen LogP contribution >= 0.6 is 23.1 Å². The number of amides is 1. The average Bonchev–Trinajstić information content (AvgIpc) is 3.07. The van der Waals surface area contributed by atoms with E-state index in [0.717, 1.165) is 15.8 Å². The van der Waals surface area contributed by atoms with Crippen molar-refractivity contribution in [3.63, 3.8) is 0 Å². The number of hydrogen-bond donors (Lipinski definition) is 1. The Bertz CT molecular complexity index is 1190. The Hall–Kier alpha value is -2.46. The van der Waals surface area contributed by atoms with Gasteiger partial charge in [-0.3, -0.25) is 18.7 Å². The second kappa shape index (κ2) is 8.50. The van der Waals surface area contributed by atoms with Crippen molar-refractivity contribution in [2.75, 3.05) is 11.1 Å². The topological polar surface area (TPSA) is 98.9 Å². The molecule has 8 nitrogen and oxygen atoms in total. The van der Waals surface area contributed by atoms with Crippen LogP contribution in [-0.4, -0.2) is 30.8 Å². The number of nitrogens with one attached hydrogen (secondary N) is 1. The number of carbonyl (C=O) groups excluding carboxylic acids is 1. The Morgan fingerprint density at radius 1 is 1.28 bits per heavy atom. The lowest BCUT2D eigenvalue weighted by Crippen LogP contribution is -2.37. The Labute approximate surface area is 176 Å². The Morgan fingerprint density at radius 2 is 2.00 bits per heavy atom. The largest absolute Gasteiger partial charge is 0.332 e. The minimum atomic E-state index is -0.431. The normalized spacial score (nSPS) is 11.4. The van der Waals surface area contributed by atoms with Gasteiger partial charge in [-0.25, -0.2) is 14.8 Å². The molecule has 0 spiro atoms. The molecule has 3 heterocycles. The van der Waals surface area contributed by atoms with E-state index in [1.165, 1.54) is 34.7 Å². The quantitative estimate of drug-likeness (QED) is 0.599. The predicted molar refractivity (Wildman–Crippen MR) is 117 cm³/mol. The van der Waals surface area contributed by atoms with Gasteiger partial charge in [0.2, 0.25) is 5.91 Å². The number of thioether (sulfide) groups is 1. The van der Waals surface area contributed by atoms with E-state index in [4.69, 9.17) is 0 Å². The number of pyridine rings is 1. The molecule has 3 rings (SSSR count). The summed E-state index contributed by atoms with van der Waals surface area (Å²) in [5, 5.41) is 5.57. The lowest BCUT2D eigenvalue weighted by atomic mass is 10.0. The summed E-state index contributed by atoms with van der Waals surface area (Å²) < 4.78 is 2.43. The van der Waals surface area contributed by atoms with Gasteiger partial charge in [-0.1, -0.05) is 13.8 Å². The van der Waals surface area contributed by atoms with E-state index in [2.05, 4.69) is 29.1 Å². The molecule has 1 N–H and O–H groups in total. The number of rotatable bonds is 6. The second-order valence-electron chi connectivity index (χ2n) is 7.25. The molecule has 0 saturated heterocycles. The van der Waals surface area contributed by atoms with E-state index in [1.54, 1.807) is 13.2 Å². The smallest absolute Gasteiger partial charge is 0.301 e. The Kier molecular flexibility index (Phi) is 6.23. The maximum Gasteiger partial charge on any atom is 0.332 e. The van der Waals surface area contributed by atoms with Crippen LogP contribution in [-0.2, 0) is 25.3 Å². The third-order valence-electron chi connectivity index (χ3n) is 4.34. The molecule has 29 heavy (non-hydrogen) atoms. The summed E-state index contributed by atoms with van der Waals surface area (Å²) in [6.45, 7) is 6.02. The molecular weight excluding hydrogens is 410 g/mol. The highest BCUT2D eigenvalue weighted by molar-refractivity contribution is 8.00. The molecule has 0 aliphatic rings. The molecule has 0 atom stereocenters. The lowest BCUT2D eigenvalue weighted by Gasteiger charge is -2.15. The highest BCUT2D eigenvalue weighted by Crippen LogP contribution is 2.30. The first-order valence-electron chi connectivity index (χ1n) is 9.11. The number of aryl methyl sites for hydroxylation is 2. The molecule has 0 radical (unpaired) electrons. The van der Waals surface area contributed by atoms with Gasteiger partial charge >= 0.3 is 5.69 Å². The third kappa shape index (κ3) is 4.43. The number of thiazole rings is 1. The van der Waals surface area contributed by atoms with Crippen molar-refractivity contribution < 1.29 is 4.79 Å². The van der Waals surface area contributed by atoms with Crippen LogP contribution < -0.4 is 16.6 Å². The number of hydrogen-bond acceptors (Lipinski definition) is 7. The molecule has 0 bridgehead atoms. The predicted octanol–water partition coefficient (Wildman–Crippen LogP) is 2.33. The van der Waals surface area contributed by atoms with Crippen LogP contribution in [0.1, 0.15) is 25.1 Å². The van der Waals surface area contributed by atoms with Crippen LogP contribution in [0.25, 0.3) is 11.0 Å². The van der Waals surface area contributed by atoms with E-state index in [9.17, 15) is 14.4 Å². The number of carbonyl (C=O) groups is 1. The fraction of sp³-hybridized carbons (Fsp3) is 0.421. The van der Waals surface area contributed by atoms with Crippen LogP contribution in [0.5, 0.6) is 0 Å². The van der Waals surface area contributed by atoms with Crippen LogP contribution in [0.2, 0.25) is 0 Å². The first-order chi connectivity index (χ1) is 13.7. The fourth-order valence-electron chi connectivity index (χ4n) is 3.00. The molecule has 1 amide bonds. The molecule has 10 heteroatoms. The first-order valence-corrected chi connectivity index (χ1v) is 11.0. The van der Waals surface area contributed by atoms with Gasteiger partial charge in [0.15, 0.2) is 5.13 Å². The summed E-state index contributed by atoms with van der Waals surface area (Å²) in [6.07, 6.45) is 2.41. The van der Waals surface area contributed by atoms with Gasteiger partial charge in [0, 0.05) is 30.6 Å². The van der Waals surface area contributed by atoms with Gasteiger partial charge in [0.1, 0.15) is 5.65 Å². The van der Waals surface area contributed by atoms with Crippen molar-refractivity contribution in [2.45, 2.75) is 32.1 Å². The first kappa shape index (κ1) is 21.3. The van der Waals surface area contributed by atoms with Crippen molar-refractivity contribution in [3.05, 3.63) is 43.7 Å². The maximum absolute atomic E-state index is 12.9. The SMILES string of the molecule is Cc1csc(NC(=O)CSc2c(CC(C)C)cnc3c2c(=O)n(C)c(=O)n3C)n1. The highest BCUT2D eigenvalue weighted by atomic mass is 32.2. The van der Waals surface area contributed by atoms with Gasteiger partial charge in [-0.2, -0.15) is 0 Å². The summed E-state index contributed by atoms with van der Waals surface area (Å²) in [4.78, 5) is 46.9. The molecule has 0 aliphatic carbocycles. The minimum Gasteiger partial charge on any atom is -0.301 e. The summed E-state index contributed by atoms with van der Waals surface area (Å²) in [5.74, 6) is 0.262. The van der Waals surface area contributed by atoms with E-state index in [0.29, 0.717) is 33.4 Å². The maximum atomic E-state index is 12.9. The zero-order valence-electron chi connectivity index (χ0n) is 17.0. The number of fused-ring (bicyclic) bond motifs is 1. The van der Waals surface area contributed by atoms with E-state index < -0.39 is 11.2 Å². The van der Waals surface area contributed by atoms with Crippen LogP contribution in [0.3, 0.4) is 0 Å². The zero-order chi connectivity index (χ0) is 21.3. The molecule has 3 aromatic rings. The lowest BCUT2D eigenvalue weighted by molar-refractivity contribution is -0.113. The molecule has 0 fully saturated rings. The van der Waals surface area contributed by atoms with Crippen molar-refractivity contribution in [1.82, 2.24) is 19.1 Å². The van der Waals surface area contributed by atoms with Gasteiger partial charge in [0.05, 0.1) is 16.8 Å². The summed E-state index contributed by atoms with van der Waals surface area (Å²) in [5.41, 5.74) is 1.23. The molecule has 0 aliphatic heterocycles. The average molecular weight is 434 g/mol. The van der Waals surface area contributed by atoms with Crippen LogP contribution in [0, 0.1) is 12.8 Å². The summed E-state index contributed by atoms with van der Waals surface area (Å²) in [6, 6.07) is 0. The molecule has 154 valence electrons.